The van der Waals surface area contributed by atoms with Crippen LogP contribution in [-0.2, 0) is 4.74 Å². The summed E-state index contributed by atoms with van der Waals surface area (Å²) in [4.78, 5) is 14.6. The summed E-state index contributed by atoms with van der Waals surface area (Å²) in [6.45, 7) is 2.15. The largest absolute Gasteiger partial charge is 0.461 e. The fourth-order valence-electron chi connectivity index (χ4n) is 1.67. The highest BCUT2D eigenvalue weighted by Crippen LogP contribution is 2.17. The maximum absolute atomic E-state index is 11.6. The maximum atomic E-state index is 11.6. The zero-order chi connectivity index (χ0) is 13.0. The molecule has 0 bridgehead atoms. The zero-order valence-corrected chi connectivity index (χ0v) is 10.9. The number of hydrogen-bond donors (Lipinski definition) is 2. The fourth-order valence-corrected chi connectivity index (χ4v) is 1.74. The molecule has 2 rings (SSSR count). The number of rotatable bonds is 2. The van der Waals surface area contributed by atoms with Crippen LogP contribution in [-0.4, -0.2) is 23.3 Å². The van der Waals surface area contributed by atoms with E-state index in [4.69, 9.17) is 4.74 Å². The van der Waals surface area contributed by atoms with Gasteiger partial charge in [-0.15, -0.1) is 0 Å². The number of ether oxygens (including phenoxy) is 1. The summed E-state index contributed by atoms with van der Waals surface area (Å²) in [5, 5.41) is 0.967. The van der Waals surface area contributed by atoms with E-state index < -0.39 is 0 Å². The topological polar surface area (TPSA) is 42.1 Å². The lowest BCUT2D eigenvalue weighted by molar-refractivity contribution is 0.0520. The molecule has 1 N–H and O–H groups in total. The van der Waals surface area contributed by atoms with Crippen molar-refractivity contribution in [3.63, 3.8) is 0 Å². The van der Waals surface area contributed by atoms with E-state index in [-0.39, 0.29) is 5.97 Å². The third-order valence-electron chi connectivity index (χ3n) is 2.43. The number of fused-ring (bicyclic) bond motifs is 1. The molecule has 0 amide bonds. The molecule has 92 valence electrons. The molecule has 0 unspecified atom stereocenters. The van der Waals surface area contributed by atoms with Crippen LogP contribution in [0.1, 0.15) is 23.0 Å². The molecule has 0 aliphatic heterocycles. The molecule has 4 heteroatoms. The zero-order valence-electron chi connectivity index (χ0n) is 9.99. The quantitative estimate of drug-likeness (QED) is 0.494. The van der Waals surface area contributed by atoms with E-state index in [1.54, 1.807) is 13.0 Å². The number of aromatic amines is 1. The van der Waals surface area contributed by atoms with Crippen LogP contribution in [0.15, 0.2) is 24.3 Å². The number of benzene rings is 1. The Hall–Kier alpha value is -1.86. The van der Waals surface area contributed by atoms with Crippen molar-refractivity contribution in [2.45, 2.75) is 6.92 Å². The van der Waals surface area contributed by atoms with Gasteiger partial charge in [0.05, 0.1) is 12.4 Å². The average Bonchev–Trinajstić information content (AvgIpc) is 2.79. The van der Waals surface area contributed by atoms with Gasteiger partial charge in [-0.3, -0.25) is 0 Å². The summed E-state index contributed by atoms with van der Waals surface area (Å²) in [7, 11) is 0. The molecule has 0 radical (unpaired) electrons. The van der Waals surface area contributed by atoms with E-state index in [0.29, 0.717) is 18.1 Å². The highest BCUT2D eigenvalue weighted by atomic mass is 32.1. The van der Waals surface area contributed by atoms with Crippen molar-refractivity contribution in [1.29, 1.82) is 0 Å². The predicted molar refractivity (Wildman–Crippen MR) is 75.0 cm³/mol. The average molecular weight is 259 g/mol. The molecular weight excluding hydrogens is 246 g/mol. The van der Waals surface area contributed by atoms with Gasteiger partial charge in [-0.05, 0) is 25.1 Å². The van der Waals surface area contributed by atoms with Crippen LogP contribution in [0.3, 0.4) is 0 Å². The van der Waals surface area contributed by atoms with Gasteiger partial charge in [0.15, 0.2) is 0 Å². The van der Waals surface area contributed by atoms with Gasteiger partial charge in [0.25, 0.3) is 0 Å². The third-order valence-corrected chi connectivity index (χ3v) is 2.59. The Morgan fingerprint density at radius 3 is 3.00 bits per heavy atom. The molecule has 0 aliphatic carbocycles. The number of aromatic nitrogens is 1. The number of carbonyl (C=O) groups is 1. The number of esters is 1. The molecule has 0 fully saturated rings. The van der Waals surface area contributed by atoms with Crippen molar-refractivity contribution in [3.05, 3.63) is 35.5 Å². The molecule has 2 aromatic rings. The second kappa shape index (κ2) is 5.65. The first kappa shape index (κ1) is 12.6. The first-order valence-electron chi connectivity index (χ1n) is 5.64. The molecule has 0 spiro atoms. The van der Waals surface area contributed by atoms with Crippen molar-refractivity contribution in [1.82, 2.24) is 4.98 Å². The van der Waals surface area contributed by atoms with Crippen LogP contribution in [0, 0.1) is 11.8 Å². The van der Waals surface area contributed by atoms with Crippen LogP contribution in [0.25, 0.3) is 10.9 Å². The standard InChI is InChI=1S/C14H13NO2S/c1-2-17-14(16)13-9-11-6-5-10(4-3-7-18)8-12(11)15-13/h5-6,8-9,15,18H,2,7H2,1H3. The number of H-pyrrole nitrogens is 1. The smallest absolute Gasteiger partial charge is 0.354 e. The van der Waals surface area contributed by atoms with Gasteiger partial charge in [0, 0.05) is 16.5 Å². The molecule has 0 atom stereocenters. The first-order valence-corrected chi connectivity index (χ1v) is 6.27. The van der Waals surface area contributed by atoms with E-state index in [2.05, 4.69) is 29.5 Å². The van der Waals surface area contributed by atoms with E-state index in [1.807, 2.05) is 18.2 Å². The lowest BCUT2D eigenvalue weighted by Gasteiger charge is -1.96. The second-order valence-electron chi connectivity index (χ2n) is 3.67. The Balaban J connectivity index is 2.36. The van der Waals surface area contributed by atoms with Crippen molar-refractivity contribution in [2.75, 3.05) is 12.4 Å². The van der Waals surface area contributed by atoms with E-state index in [1.165, 1.54) is 0 Å². The van der Waals surface area contributed by atoms with Crippen LogP contribution in [0.2, 0.25) is 0 Å². The van der Waals surface area contributed by atoms with Gasteiger partial charge >= 0.3 is 5.97 Å². The number of nitrogens with one attached hydrogen (secondary N) is 1. The summed E-state index contributed by atoms with van der Waals surface area (Å²) in [5.74, 6) is 6.06. The Kier molecular flexibility index (Phi) is 3.96. The molecule has 0 saturated carbocycles. The lowest BCUT2D eigenvalue weighted by atomic mass is 10.2. The Bertz CT molecular complexity index is 634. The molecular formula is C14H13NO2S. The van der Waals surface area contributed by atoms with Crippen molar-refractivity contribution < 1.29 is 9.53 Å². The Morgan fingerprint density at radius 1 is 1.44 bits per heavy atom. The normalized spacial score (nSPS) is 9.89. The molecule has 1 heterocycles. The Labute approximate surface area is 111 Å². The molecule has 1 aromatic heterocycles. The summed E-state index contributed by atoms with van der Waals surface area (Å²) < 4.78 is 4.94. The van der Waals surface area contributed by atoms with Gasteiger partial charge < -0.3 is 9.72 Å². The lowest BCUT2D eigenvalue weighted by Crippen LogP contribution is -2.04. The Morgan fingerprint density at radius 2 is 2.28 bits per heavy atom. The fraction of sp³-hybridized carbons (Fsp3) is 0.214. The van der Waals surface area contributed by atoms with Crippen LogP contribution < -0.4 is 0 Å². The highest BCUT2D eigenvalue weighted by Gasteiger charge is 2.09. The van der Waals surface area contributed by atoms with Crippen molar-refractivity contribution >= 4 is 29.5 Å². The number of hydrogen-bond acceptors (Lipinski definition) is 3. The summed E-state index contributed by atoms with van der Waals surface area (Å²) in [5.41, 5.74) is 2.24. The van der Waals surface area contributed by atoms with E-state index >= 15 is 0 Å². The first-order chi connectivity index (χ1) is 8.74. The minimum atomic E-state index is -0.336. The third kappa shape index (κ3) is 2.69. The van der Waals surface area contributed by atoms with Gasteiger partial charge in [0.2, 0.25) is 0 Å². The molecule has 1 aromatic carbocycles. The number of carbonyl (C=O) groups excluding carboxylic acids is 1. The summed E-state index contributed by atoms with van der Waals surface area (Å²) in [6.07, 6.45) is 0. The van der Waals surface area contributed by atoms with E-state index in [9.17, 15) is 4.79 Å². The summed E-state index contributed by atoms with van der Waals surface area (Å²) >= 11 is 4.04. The predicted octanol–water partition coefficient (Wildman–Crippen LogP) is 2.63. The molecule has 0 aliphatic rings. The van der Waals surface area contributed by atoms with Gasteiger partial charge in [-0.25, -0.2) is 4.79 Å². The van der Waals surface area contributed by atoms with Crippen LogP contribution in [0.5, 0.6) is 0 Å². The highest BCUT2D eigenvalue weighted by molar-refractivity contribution is 7.80. The molecule has 0 saturated heterocycles. The molecule has 3 nitrogen and oxygen atoms in total. The monoisotopic (exact) mass is 259 g/mol. The van der Waals surface area contributed by atoms with Crippen LogP contribution >= 0.6 is 12.6 Å². The number of thiol groups is 1. The minimum absolute atomic E-state index is 0.336. The second-order valence-corrected chi connectivity index (χ2v) is 3.98. The van der Waals surface area contributed by atoms with Gasteiger partial charge in [0.1, 0.15) is 5.69 Å². The van der Waals surface area contributed by atoms with Crippen molar-refractivity contribution in [3.8, 4) is 11.8 Å². The maximum Gasteiger partial charge on any atom is 0.354 e. The molecule has 18 heavy (non-hydrogen) atoms. The SMILES string of the molecule is CCOC(=O)c1cc2ccc(C#CCS)cc2[nH]1. The van der Waals surface area contributed by atoms with Crippen LogP contribution in [0.4, 0.5) is 0 Å². The van der Waals surface area contributed by atoms with Gasteiger partial charge in [-0.1, -0.05) is 17.9 Å². The minimum Gasteiger partial charge on any atom is -0.461 e. The van der Waals surface area contributed by atoms with Crippen molar-refractivity contribution in [2.24, 2.45) is 0 Å². The summed E-state index contributed by atoms with van der Waals surface area (Å²) in [6, 6.07) is 7.54. The van der Waals surface area contributed by atoms with E-state index in [0.717, 1.165) is 16.5 Å². The van der Waals surface area contributed by atoms with Gasteiger partial charge in [-0.2, -0.15) is 12.6 Å².